The first-order chi connectivity index (χ1) is 13.6. The molecule has 2 N–H and O–H groups in total. The van der Waals surface area contributed by atoms with Gasteiger partial charge in [0.25, 0.3) is 0 Å². The van der Waals surface area contributed by atoms with E-state index in [0.29, 0.717) is 13.2 Å². The third-order valence-electron chi connectivity index (χ3n) is 4.90. The number of imidazole rings is 1. The van der Waals surface area contributed by atoms with E-state index in [2.05, 4.69) is 25.2 Å². The van der Waals surface area contributed by atoms with Gasteiger partial charge in [0.2, 0.25) is 5.91 Å². The number of nitrogens with zero attached hydrogens (tertiary/aromatic N) is 3. The van der Waals surface area contributed by atoms with E-state index in [4.69, 9.17) is 4.74 Å². The van der Waals surface area contributed by atoms with Crippen LogP contribution in [0.5, 0.6) is 0 Å². The minimum absolute atomic E-state index is 0.0229. The summed E-state index contributed by atoms with van der Waals surface area (Å²) in [4.78, 5) is 26.5. The van der Waals surface area contributed by atoms with Crippen LogP contribution in [-0.2, 0) is 9.53 Å². The van der Waals surface area contributed by atoms with Gasteiger partial charge in [-0.05, 0) is 31.5 Å². The Morgan fingerprint density at radius 1 is 1.39 bits per heavy atom. The molecule has 8 heteroatoms. The van der Waals surface area contributed by atoms with E-state index in [1.54, 1.807) is 23.9 Å². The fraction of sp³-hybridized carbons (Fsp3) is 0.350. The van der Waals surface area contributed by atoms with Crippen molar-refractivity contribution in [3.05, 3.63) is 52.9 Å². The highest BCUT2D eigenvalue weighted by molar-refractivity contribution is 7.09. The molecule has 1 saturated heterocycles. The van der Waals surface area contributed by atoms with Gasteiger partial charge in [-0.15, -0.1) is 11.3 Å². The van der Waals surface area contributed by atoms with Crippen LogP contribution in [0.1, 0.15) is 23.7 Å². The van der Waals surface area contributed by atoms with E-state index in [0.717, 1.165) is 34.2 Å². The van der Waals surface area contributed by atoms with Crippen LogP contribution in [0.25, 0.3) is 11.3 Å². The smallest absolute Gasteiger partial charge is 0.241 e. The Morgan fingerprint density at radius 2 is 2.21 bits per heavy atom. The molecule has 2 atom stereocenters. The summed E-state index contributed by atoms with van der Waals surface area (Å²) in [7, 11) is 0. The van der Waals surface area contributed by atoms with Crippen LogP contribution in [-0.4, -0.2) is 51.5 Å². The van der Waals surface area contributed by atoms with Gasteiger partial charge in [-0.25, -0.2) is 9.97 Å². The summed E-state index contributed by atoms with van der Waals surface area (Å²) in [6.07, 6.45) is 3.35. The second-order valence-corrected chi connectivity index (χ2v) is 7.78. The summed E-state index contributed by atoms with van der Waals surface area (Å²) in [5.74, 6) is -0.0229. The van der Waals surface area contributed by atoms with Crippen molar-refractivity contribution in [1.82, 2.24) is 19.9 Å². The number of anilines is 1. The Bertz CT molecular complexity index is 922. The lowest BCUT2D eigenvalue weighted by Gasteiger charge is -2.35. The topological polar surface area (TPSA) is 83.1 Å². The molecule has 146 valence electrons. The van der Waals surface area contributed by atoms with Gasteiger partial charge >= 0.3 is 0 Å². The first kappa shape index (κ1) is 18.8. The molecule has 1 fully saturated rings. The maximum absolute atomic E-state index is 12.7. The maximum Gasteiger partial charge on any atom is 0.241 e. The molecular formula is C20H23N5O2S. The van der Waals surface area contributed by atoms with Gasteiger partial charge in [0, 0.05) is 29.9 Å². The average molecular weight is 398 g/mol. The SMILES string of the molecule is Cc1csc([C@@H]2CN([C@@H](C)C(=O)Nc3ccc(-c4cnc[nH]4)cc3)CCO2)n1. The average Bonchev–Trinajstić information content (AvgIpc) is 3.40. The predicted octanol–water partition coefficient (Wildman–Crippen LogP) is 3.24. The maximum atomic E-state index is 12.7. The number of nitrogens with one attached hydrogen (secondary N) is 2. The summed E-state index contributed by atoms with van der Waals surface area (Å²) in [5.41, 5.74) is 3.76. The van der Waals surface area contributed by atoms with Crippen LogP contribution in [0.2, 0.25) is 0 Å². The lowest BCUT2D eigenvalue weighted by molar-refractivity contribution is -0.124. The Kier molecular flexibility index (Phi) is 5.52. The first-order valence-electron chi connectivity index (χ1n) is 9.27. The number of carbonyl (C=O) groups is 1. The van der Waals surface area contributed by atoms with E-state index >= 15 is 0 Å². The quantitative estimate of drug-likeness (QED) is 0.691. The van der Waals surface area contributed by atoms with Crippen molar-refractivity contribution >= 4 is 22.9 Å². The molecule has 1 amide bonds. The van der Waals surface area contributed by atoms with Crippen molar-refractivity contribution in [1.29, 1.82) is 0 Å². The number of morpholine rings is 1. The fourth-order valence-corrected chi connectivity index (χ4v) is 4.08. The summed E-state index contributed by atoms with van der Waals surface area (Å²) in [6, 6.07) is 7.48. The lowest BCUT2D eigenvalue weighted by Crippen LogP contribution is -2.48. The Morgan fingerprint density at radius 3 is 2.89 bits per heavy atom. The zero-order valence-corrected chi connectivity index (χ0v) is 16.7. The molecule has 2 aromatic heterocycles. The Balaban J connectivity index is 1.37. The number of carbonyl (C=O) groups excluding carboxylic acids is 1. The Hall–Kier alpha value is -2.55. The molecule has 0 saturated carbocycles. The summed E-state index contributed by atoms with van der Waals surface area (Å²) >= 11 is 1.61. The number of aromatic nitrogens is 3. The standard InChI is InChI=1S/C20H23N5O2S/c1-13-11-28-20(23-13)18-10-25(7-8-27-18)14(2)19(26)24-16-5-3-15(4-6-16)17-9-21-12-22-17/h3-6,9,11-12,14,18H,7-8,10H2,1-2H3,(H,21,22)(H,24,26)/t14-,18-/m0/s1. The number of hydrogen-bond acceptors (Lipinski definition) is 6. The molecule has 7 nitrogen and oxygen atoms in total. The molecule has 1 aliphatic heterocycles. The number of amides is 1. The normalized spacial score (nSPS) is 18.7. The van der Waals surface area contributed by atoms with Gasteiger partial charge < -0.3 is 15.0 Å². The van der Waals surface area contributed by atoms with Gasteiger partial charge in [0.05, 0.1) is 30.9 Å². The number of rotatable bonds is 5. The van der Waals surface area contributed by atoms with Crippen LogP contribution in [0, 0.1) is 6.92 Å². The van der Waals surface area contributed by atoms with Crippen molar-refractivity contribution in [2.45, 2.75) is 26.0 Å². The largest absolute Gasteiger partial charge is 0.368 e. The summed E-state index contributed by atoms with van der Waals surface area (Å²) in [5, 5.41) is 6.01. The molecular weight excluding hydrogens is 374 g/mol. The molecule has 1 aromatic carbocycles. The zero-order chi connectivity index (χ0) is 19.5. The van der Waals surface area contributed by atoms with Gasteiger partial charge in [0.15, 0.2) is 0 Å². The van der Waals surface area contributed by atoms with Crippen molar-refractivity contribution < 1.29 is 9.53 Å². The van der Waals surface area contributed by atoms with Crippen molar-refractivity contribution in [3.8, 4) is 11.3 Å². The molecule has 0 unspecified atom stereocenters. The highest BCUT2D eigenvalue weighted by Gasteiger charge is 2.30. The molecule has 3 heterocycles. The number of H-pyrrole nitrogens is 1. The number of aryl methyl sites for hydroxylation is 1. The van der Waals surface area contributed by atoms with Crippen LogP contribution < -0.4 is 5.32 Å². The molecule has 0 radical (unpaired) electrons. The van der Waals surface area contributed by atoms with Gasteiger partial charge in [-0.3, -0.25) is 9.69 Å². The number of benzene rings is 1. The second-order valence-electron chi connectivity index (χ2n) is 6.89. The number of ether oxygens (including phenoxy) is 1. The first-order valence-corrected chi connectivity index (χ1v) is 10.2. The van der Waals surface area contributed by atoms with Crippen LogP contribution >= 0.6 is 11.3 Å². The molecule has 1 aliphatic rings. The number of thiazole rings is 1. The summed E-state index contributed by atoms with van der Waals surface area (Å²) < 4.78 is 5.87. The lowest BCUT2D eigenvalue weighted by atomic mass is 10.1. The van der Waals surface area contributed by atoms with E-state index in [1.165, 1.54) is 0 Å². The molecule has 3 aromatic rings. The molecule has 0 aliphatic carbocycles. The van der Waals surface area contributed by atoms with Crippen LogP contribution in [0.15, 0.2) is 42.2 Å². The third-order valence-corrected chi connectivity index (χ3v) is 5.95. The second kappa shape index (κ2) is 8.22. The minimum Gasteiger partial charge on any atom is -0.368 e. The summed E-state index contributed by atoms with van der Waals surface area (Å²) in [6.45, 7) is 5.91. The van der Waals surface area contributed by atoms with Gasteiger partial charge in [0.1, 0.15) is 11.1 Å². The van der Waals surface area contributed by atoms with Gasteiger partial charge in [-0.1, -0.05) is 12.1 Å². The zero-order valence-electron chi connectivity index (χ0n) is 15.9. The van der Waals surface area contributed by atoms with E-state index < -0.39 is 0 Å². The molecule has 0 bridgehead atoms. The Labute approximate surface area is 167 Å². The molecule has 4 rings (SSSR count). The number of hydrogen-bond donors (Lipinski definition) is 2. The van der Waals surface area contributed by atoms with E-state index in [9.17, 15) is 4.79 Å². The predicted molar refractivity (Wildman–Crippen MR) is 109 cm³/mol. The van der Waals surface area contributed by atoms with Crippen molar-refractivity contribution in [3.63, 3.8) is 0 Å². The van der Waals surface area contributed by atoms with E-state index in [1.807, 2.05) is 43.5 Å². The molecule has 0 spiro atoms. The fourth-order valence-electron chi connectivity index (χ4n) is 3.25. The monoisotopic (exact) mass is 397 g/mol. The van der Waals surface area contributed by atoms with Gasteiger partial charge in [-0.2, -0.15) is 0 Å². The van der Waals surface area contributed by atoms with E-state index in [-0.39, 0.29) is 18.1 Å². The highest BCUT2D eigenvalue weighted by Crippen LogP contribution is 2.26. The van der Waals surface area contributed by atoms with Crippen LogP contribution in [0.4, 0.5) is 5.69 Å². The highest BCUT2D eigenvalue weighted by atomic mass is 32.1. The molecule has 28 heavy (non-hydrogen) atoms. The van der Waals surface area contributed by atoms with Crippen molar-refractivity contribution in [2.24, 2.45) is 0 Å². The van der Waals surface area contributed by atoms with Crippen molar-refractivity contribution in [2.75, 3.05) is 25.0 Å². The number of aromatic amines is 1. The minimum atomic E-state index is -0.250. The van der Waals surface area contributed by atoms with Crippen LogP contribution in [0.3, 0.4) is 0 Å². The third kappa shape index (κ3) is 4.14.